The largest absolute Gasteiger partial charge is 0.490 e. The number of H-pyrrole nitrogens is 2. The molecule has 0 aliphatic heterocycles. The Kier molecular flexibility index (Phi) is 6.45. The van der Waals surface area contributed by atoms with Gasteiger partial charge in [0.05, 0.1) is 5.39 Å². The molecule has 3 N–H and O–H groups in total. The van der Waals surface area contributed by atoms with E-state index in [0.717, 1.165) is 11.1 Å². The van der Waals surface area contributed by atoms with Gasteiger partial charge in [-0.3, -0.25) is 9.59 Å². The third-order valence-electron chi connectivity index (χ3n) is 4.64. The second kappa shape index (κ2) is 9.60. The van der Waals surface area contributed by atoms with E-state index in [1.165, 1.54) is 17.7 Å². The fraction of sp³-hybridized carbons (Fsp3) is 0.286. The average molecular weight is 455 g/mol. The van der Waals surface area contributed by atoms with E-state index in [1.807, 2.05) is 43.5 Å². The molecule has 4 aromatic rings. The summed E-state index contributed by atoms with van der Waals surface area (Å²) in [5.41, 5.74) is 1.48. The van der Waals surface area contributed by atoms with E-state index in [0.29, 0.717) is 35.2 Å². The van der Waals surface area contributed by atoms with E-state index in [1.54, 1.807) is 0 Å². The van der Waals surface area contributed by atoms with Gasteiger partial charge in [-0.05, 0) is 34.6 Å². The Labute approximate surface area is 187 Å². The predicted molar refractivity (Wildman–Crippen MR) is 119 cm³/mol. The Hall–Kier alpha value is -3.73. The van der Waals surface area contributed by atoms with Crippen LogP contribution in [0.1, 0.15) is 41.5 Å². The summed E-state index contributed by atoms with van der Waals surface area (Å²) in [5.74, 6) is 0.395. The molecule has 1 amide bonds. The third-order valence-corrected chi connectivity index (χ3v) is 5.54. The van der Waals surface area contributed by atoms with Crippen molar-refractivity contribution in [3.63, 3.8) is 0 Å². The normalized spacial score (nSPS) is 11.1. The van der Waals surface area contributed by atoms with Crippen LogP contribution in [0.25, 0.3) is 10.2 Å². The third kappa shape index (κ3) is 4.94. The van der Waals surface area contributed by atoms with Gasteiger partial charge in [0.1, 0.15) is 30.1 Å². The molecule has 0 aliphatic carbocycles. The van der Waals surface area contributed by atoms with Gasteiger partial charge in [0.2, 0.25) is 5.82 Å². The Morgan fingerprint density at radius 3 is 2.88 bits per heavy atom. The van der Waals surface area contributed by atoms with Gasteiger partial charge in [0.15, 0.2) is 0 Å². The van der Waals surface area contributed by atoms with Crippen LogP contribution in [0.4, 0.5) is 0 Å². The molecule has 0 fully saturated rings. The molecule has 0 atom stereocenters. The molecule has 3 aromatic heterocycles. The first-order valence-electron chi connectivity index (χ1n) is 10.0. The minimum Gasteiger partial charge on any atom is -0.490 e. The van der Waals surface area contributed by atoms with Crippen molar-refractivity contribution >= 4 is 27.5 Å². The Bertz CT molecular complexity index is 1270. The summed E-state index contributed by atoms with van der Waals surface area (Å²) in [5, 5.41) is 11.5. The predicted octanol–water partition coefficient (Wildman–Crippen LogP) is 2.61. The molecule has 0 unspecified atom stereocenters. The number of benzene rings is 1. The van der Waals surface area contributed by atoms with Crippen LogP contribution in [0.5, 0.6) is 11.8 Å². The molecular weight excluding hydrogens is 432 g/mol. The smallest absolute Gasteiger partial charge is 0.312 e. The lowest BCUT2D eigenvalue weighted by molar-refractivity contribution is 0.0940. The second-order valence-electron chi connectivity index (χ2n) is 7.26. The van der Waals surface area contributed by atoms with Gasteiger partial charge in [-0.25, -0.2) is 10.1 Å². The maximum Gasteiger partial charge on any atom is 0.312 e. The average Bonchev–Trinajstić information content (AvgIpc) is 3.45. The van der Waals surface area contributed by atoms with Crippen LogP contribution >= 0.6 is 11.3 Å². The maximum atomic E-state index is 12.6. The van der Waals surface area contributed by atoms with Crippen LogP contribution < -0.4 is 20.3 Å². The number of carbonyl (C=O) groups excluding carboxylic acids is 1. The summed E-state index contributed by atoms with van der Waals surface area (Å²) in [6.45, 7) is 4.92. The summed E-state index contributed by atoms with van der Waals surface area (Å²) < 4.78 is 11.0. The van der Waals surface area contributed by atoms with Gasteiger partial charge >= 0.3 is 6.01 Å². The minimum atomic E-state index is -0.449. The van der Waals surface area contributed by atoms with Gasteiger partial charge < -0.3 is 19.8 Å². The molecule has 0 saturated heterocycles. The zero-order valence-corrected chi connectivity index (χ0v) is 18.4. The summed E-state index contributed by atoms with van der Waals surface area (Å²) >= 11 is 1.37. The van der Waals surface area contributed by atoms with Gasteiger partial charge in [0.25, 0.3) is 11.5 Å². The SMILES string of the molecule is CC(C)c1csc2nc(C(=O)NCc3cccc(OCCOc4ncn[nH]4)c3)[nH]c(=O)c12. The van der Waals surface area contributed by atoms with Crippen LogP contribution in [0.3, 0.4) is 0 Å². The van der Waals surface area contributed by atoms with Crippen molar-refractivity contribution < 1.29 is 14.3 Å². The minimum absolute atomic E-state index is 0.00312. The fourth-order valence-corrected chi connectivity index (χ4v) is 4.18. The lowest BCUT2D eigenvalue weighted by Crippen LogP contribution is -2.27. The number of fused-ring (bicyclic) bond motifs is 1. The summed E-state index contributed by atoms with van der Waals surface area (Å²) in [7, 11) is 0. The zero-order valence-electron chi connectivity index (χ0n) is 17.5. The summed E-state index contributed by atoms with van der Waals surface area (Å²) in [6, 6.07) is 7.67. The number of nitrogens with zero attached hydrogens (tertiary/aromatic N) is 3. The topological polar surface area (TPSA) is 135 Å². The van der Waals surface area contributed by atoms with Gasteiger partial charge in [-0.2, -0.15) is 10.1 Å². The zero-order chi connectivity index (χ0) is 22.5. The van der Waals surface area contributed by atoms with Crippen molar-refractivity contribution in [2.75, 3.05) is 13.2 Å². The van der Waals surface area contributed by atoms with Crippen molar-refractivity contribution in [3.8, 4) is 11.8 Å². The number of thiophene rings is 1. The molecule has 4 rings (SSSR count). The number of aromatic amines is 2. The number of nitrogens with one attached hydrogen (secondary N) is 3. The molecule has 0 spiro atoms. The van der Waals surface area contributed by atoms with Crippen molar-refractivity contribution in [3.05, 3.63) is 63.3 Å². The highest BCUT2D eigenvalue weighted by Gasteiger charge is 2.16. The highest BCUT2D eigenvalue weighted by Crippen LogP contribution is 2.27. The Morgan fingerprint density at radius 1 is 1.25 bits per heavy atom. The molecule has 0 bridgehead atoms. The summed E-state index contributed by atoms with van der Waals surface area (Å²) in [6.07, 6.45) is 1.36. The number of carbonyl (C=O) groups is 1. The molecule has 0 saturated carbocycles. The second-order valence-corrected chi connectivity index (χ2v) is 8.12. The van der Waals surface area contributed by atoms with Crippen LogP contribution in [-0.2, 0) is 6.54 Å². The van der Waals surface area contributed by atoms with Gasteiger partial charge in [-0.1, -0.05) is 26.0 Å². The number of hydrogen-bond donors (Lipinski definition) is 3. The highest BCUT2D eigenvalue weighted by atomic mass is 32.1. The molecule has 0 radical (unpaired) electrons. The Balaban J connectivity index is 1.34. The maximum absolute atomic E-state index is 12.6. The number of amides is 1. The molecule has 11 heteroatoms. The first-order chi connectivity index (χ1) is 15.5. The Morgan fingerprint density at radius 2 is 2.09 bits per heavy atom. The molecule has 32 heavy (non-hydrogen) atoms. The van der Waals surface area contributed by atoms with Crippen LogP contribution in [0, 0.1) is 0 Å². The van der Waals surface area contributed by atoms with E-state index in [9.17, 15) is 9.59 Å². The summed E-state index contributed by atoms with van der Waals surface area (Å²) in [4.78, 5) is 36.4. The van der Waals surface area contributed by atoms with E-state index in [4.69, 9.17) is 9.47 Å². The molecule has 1 aromatic carbocycles. The lowest BCUT2D eigenvalue weighted by Gasteiger charge is -2.09. The van der Waals surface area contributed by atoms with Crippen molar-refractivity contribution in [1.29, 1.82) is 0 Å². The fourth-order valence-electron chi connectivity index (χ4n) is 3.08. The van der Waals surface area contributed by atoms with Crippen LogP contribution in [0.15, 0.2) is 40.8 Å². The highest BCUT2D eigenvalue weighted by molar-refractivity contribution is 7.16. The number of rotatable bonds is 9. The monoisotopic (exact) mass is 454 g/mol. The van der Waals surface area contributed by atoms with Gasteiger partial charge in [0, 0.05) is 6.54 Å². The first-order valence-corrected chi connectivity index (χ1v) is 10.9. The molecule has 166 valence electrons. The molecule has 10 nitrogen and oxygen atoms in total. The van der Waals surface area contributed by atoms with E-state index in [-0.39, 0.29) is 23.8 Å². The number of ether oxygens (including phenoxy) is 2. The molecule has 3 heterocycles. The van der Waals surface area contributed by atoms with Gasteiger partial charge in [-0.15, -0.1) is 11.3 Å². The standard InChI is InChI=1S/C21H22N6O4S/c1-12(2)15-10-32-20-16(15)18(28)25-17(26-20)19(29)22-9-13-4-3-5-14(8-13)30-6-7-31-21-23-11-24-27-21/h3-5,8,10-12H,6-7,9H2,1-2H3,(H,22,29)(H,23,24,27)(H,25,26,28). The first kappa shape index (κ1) is 21.5. The van der Waals surface area contributed by atoms with E-state index >= 15 is 0 Å². The number of aromatic nitrogens is 5. The van der Waals surface area contributed by atoms with Crippen molar-refractivity contribution in [2.24, 2.45) is 0 Å². The number of hydrogen-bond acceptors (Lipinski definition) is 8. The molecule has 0 aliphatic rings. The van der Waals surface area contributed by atoms with Crippen molar-refractivity contribution in [1.82, 2.24) is 30.5 Å². The quantitative estimate of drug-likeness (QED) is 0.331. The van der Waals surface area contributed by atoms with Crippen molar-refractivity contribution in [2.45, 2.75) is 26.3 Å². The molecular formula is C21H22N6O4S. The van der Waals surface area contributed by atoms with E-state index in [2.05, 4.69) is 30.5 Å². The van der Waals surface area contributed by atoms with Crippen LogP contribution in [-0.4, -0.2) is 44.3 Å². The van der Waals surface area contributed by atoms with E-state index < -0.39 is 5.91 Å². The lowest BCUT2D eigenvalue weighted by atomic mass is 10.0. The van der Waals surface area contributed by atoms with Crippen LogP contribution in [0.2, 0.25) is 0 Å².